The predicted octanol–water partition coefficient (Wildman–Crippen LogP) is 7.14. The summed E-state index contributed by atoms with van der Waals surface area (Å²) in [5.41, 5.74) is 3.27. The molecule has 0 heterocycles. The monoisotopic (exact) mass is 274 g/mol. The molecule has 0 saturated heterocycles. The molecule has 0 aromatic carbocycles. The van der Waals surface area contributed by atoms with Gasteiger partial charge in [0.05, 0.1) is 0 Å². The molecule has 0 rings (SSSR count). The minimum Gasteiger partial charge on any atom is -0.129 e. The number of unbranched alkanes of at least 4 members (excludes halogenated alkanes) is 7. The van der Waals surface area contributed by atoms with Gasteiger partial charge >= 0.3 is 0 Å². The summed E-state index contributed by atoms with van der Waals surface area (Å²) in [7, 11) is 0. The van der Waals surface area contributed by atoms with Crippen LogP contribution in [0.2, 0.25) is 0 Å². The van der Waals surface area contributed by atoms with E-state index in [9.17, 15) is 0 Å². The molecule has 0 aliphatic carbocycles. The fraction of sp³-hybridized carbons (Fsp3) is 0.650. The summed E-state index contributed by atoms with van der Waals surface area (Å²) < 4.78 is 0. The lowest BCUT2D eigenvalue weighted by Gasteiger charge is -1.92. The molecule has 0 spiro atoms. The van der Waals surface area contributed by atoms with E-state index in [1.807, 2.05) is 0 Å². The molecule has 0 aromatic heterocycles. The summed E-state index contributed by atoms with van der Waals surface area (Å²) in [6.07, 6.45) is 27.2. The van der Waals surface area contributed by atoms with Crippen LogP contribution in [0.25, 0.3) is 0 Å². The highest BCUT2D eigenvalue weighted by atomic mass is 13.9. The minimum absolute atomic E-state index is 1.01. The SMILES string of the molecule is CCCCC/C=C/C/C=C/CC=C=CCCCCCC. The first-order chi connectivity index (χ1) is 9.91. The maximum Gasteiger partial charge on any atom is -0.00929 e. The van der Waals surface area contributed by atoms with Crippen LogP contribution in [0.4, 0.5) is 0 Å². The summed E-state index contributed by atoms with van der Waals surface area (Å²) in [5, 5.41) is 0. The standard InChI is InChI=1S/C20H34/c1-3-5-7-9-11-13-15-17-19-20-18-16-14-12-10-8-6-4-2/h11,13-14,17-19H,3-10,12,15,20H2,1-2H3/b13-11+,19-17+. The van der Waals surface area contributed by atoms with Crippen molar-refractivity contribution in [3.05, 3.63) is 42.2 Å². The fourth-order valence-electron chi connectivity index (χ4n) is 1.97. The Bertz CT molecular complexity index is 287. The summed E-state index contributed by atoms with van der Waals surface area (Å²) >= 11 is 0. The Hall–Kier alpha value is -1.00. The topological polar surface area (TPSA) is 0 Å². The summed E-state index contributed by atoms with van der Waals surface area (Å²) in [4.78, 5) is 0. The summed E-state index contributed by atoms with van der Waals surface area (Å²) in [6.45, 7) is 4.50. The molecule has 0 aliphatic rings. The molecule has 0 nitrogen and oxygen atoms in total. The van der Waals surface area contributed by atoms with E-state index in [0.29, 0.717) is 0 Å². The average Bonchev–Trinajstić information content (AvgIpc) is 2.47. The van der Waals surface area contributed by atoms with Gasteiger partial charge in [-0.3, -0.25) is 0 Å². The molecular formula is C20H34. The van der Waals surface area contributed by atoms with Crippen molar-refractivity contribution < 1.29 is 0 Å². The lowest BCUT2D eigenvalue weighted by molar-refractivity contribution is 0.674. The Morgan fingerprint density at radius 3 is 2.05 bits per heavy atom. The van der Waals surface area contributed by atoms with Crippen molar-refractivity contribution in [2.24, 2.45) is 0 Å². The van der Waals surface area contributed by atoms with E-state index in [1.165, 1.54) is 57.8 Å². The van der Waals surface area contributed by atoms with Gasteiger partial charge in [-0.05, 0) is 50.7 Å². The molecule has 0 aliphatic heterocycles. The molecule has 0 amide bonds. The Balaban J connectivity index is 3.39. The van der Waals surface area contributed by atoms with Gasteiger partial charge in [0.1, 0.15) is 0 Å². The maximum atomic E-state index is 3.27. The first-order valence-electron chi connectivity index (χ1n) is 8.61. The number of hydrogen-bond donors (Lipinski definition) is 0. The average molecular weight is 274 g/mol. The van der Waals surface area contributed by atoms with E-state index in [2.05, 4.69) is 56.0 Å². The fourth-order valence-corrected chi connectivity index (χ4v) is 1.97. The highest BCUT2D eigenvalue weighted by Crippen LogP contribution is 2.02. The molecule has 0 aromatic rings. The quantitative estimate of drug-likeness (QED) is 0.190. The summed E-state index contributed by atoms with van der Waals surface area (Å²) in [6, 6.07) is 0. The molecule has 20 heavy (non-hydrogen) atoms. The van der Waals surface area contributed by atoms with E-state index in [1.54, 1.807) is 0 Å². The van der Waals surface area contributed by atoms with Crippen LogP contribution in [-0.2, 0) is 0 Å². The van der Waals surface area contributed by atoms with E-state index in [0.717, 1.165) is 12.8 Å². The third-order valence-electron chi connectivity index (χ3n) is 3.27. The number of hydrogen-bond acceptors (Lipinski definition) is 0. The molecule has 0 bridgehead atoms. The van der Waals surface area contributed by atoms with Crippen molar-refractivity contribution in [1.82, 2.24) is 0 Å². The predicted molar refractivity (Wildman–Crippen MR) is 93.1 cm³/mol. The number of allylic oxidation sites excluding steroid dienone is 5. The largest absolute Gasteiger partial charge is 0.129 e. The second kappa shape index (κ2) is 18.0. The zero-order valence-electron chi connectivity index (χ0n) is 13.7. The van der Waals surface area contributed by atoms with Crippen LogP contribution in [0.3, 0.4) is 0 Å². The van der Waals surface area contributed by atoms with Crippen LogP contribution < -0.4 is 0 Å². The zero-order chi connectivity index (χ0) is 14.7. The van der Waals surface area contributed by atoms with Crippen LogP contribution in [0, 0.1) is 0 Å². The third-order valence-corrected chi connectivity index (χ3v) is 3.27. The molecule has 0 heteroatoms. The lowest BCUT2D eigenvalue weighted by atomic mass is 10.1. The maximum absolute atomic E-state index is 3.27. The van der Waals surface area contributed by atoms with Gasteiger partial charge in [-0.25, -0.2) is 0 Å². The van der Waals surface area contributed by atoms with E-state index in [-0.39, 0.29) is 0 Å². The molecule has 0 radical (unpaired) electrons. The Morgan fingerprint density at radius 2 is 1.25 bits per heavy atom. The highest BCUT2D eigenvalue weighted by molar-refractivity contribution is 4.97. The Kier molecular flexibility index (Phi) is 17.1. The smallest absolute Gasteiger partial charge is 0.00929 e. The highest BCUT2D eigenvalue weighted by Gasteiger charge is 1.83. The molecule has 0 saturated carbocycles. The van der Waals surface area contributed by atoms with Gasteiger partial charge in [-0.2, -0.15) is 0 Å². The van der Waals surface area contributed by atoms with Crippen molar-refractivity contribution in [3.8, 4) is 0 Å². The van der Waals surface area contributed by atoms with Crippen LogP contribution in [0.15, 0.2) is 42.2 Å². The second-order valence-corrected chi connectivity index (χ2v) is 5.33. The normalized spacial score (nSPS) is 11.1. The second-order valence-electron chi connectivity index (χ2n) is 5.33. The van der Waals surface area contributed by atoms with Crippen molar-refractivity contribution in [3.63, 3.8) is 0 Å². The van der Waals surface area contributed by atoms with Crippen LogP contribution in [-0.4, -0.2) is 0 Å². The first-order valence-corrected chi connectivity index (χ1v) is 8.61. The third kappa shape index (κ3) is 17.0. The summed E-state index contributed by atoms with van der Waals surface area (Å²) in [5.74, 6) is 0. The van der Waals surface area contributed by atoms with Gasteiger partial charge in [0.25, 0.3) is 0 Å². The Labute approximate surface area is 127 Å². The van der Waals surface area contributed by atoms with E-state index in [4.69, 9.17) is 0 Å². The van der Waals surface area contributed by atoms with Crippen molar-refractivity contribution in [2.75, 3.05) is 0 Å². The molecule has 0 unspecified atom stereocenters. The number of rotatable bonds is 13. The molecule has 114 valence electrons. The van der Waals surface area contributed by atoms with Gasteiger partial charge in [0, 0.05) is 0 Å². The van der Waals surface area contributed by atoms with E-state index < -0.39 is 0 Å². The van der Waals surface area contributed by atoms with Gasteiger partial charge in [-0.1, -0.05) is 70.3 Å². The van der Waals surface area contributed by atoms with E-state index >= 15 is 0 Å². The van der Waals surface area contributed by atoms with Crippen molar-refractivity contribution in [1.29, 1.82) is 0 Å². The van der Waals surface area contributed by atoms with Gasteiger partial charge in [0.15, 0.2) is 0 Å². The van der Waals surface area contributed by atoms with Gasteiger partial charge in [-0.15, -0.1) is 5.73 Å². The van der Waals surface area contributed by atoms with Gasteiger partial charge in [0.2, 0.25) is 0 Å². The molecule has 0 N–H and O–H groups in total. The molecular weight excluding hydrogens is 240 g/mol. The molecule has 0 atom stereocenters. The zero-order valence-corrected chi connectivity index (χ0v) is 13.7. The molecule has 0 fully saturated rings. The first kappa shape index (κ1) is 19.0. The van der Waals surface area contributed by atoms with Crippen LogP contribution in [0.1, 0.15) is 84.5 Å². The van der Waals surface area contributed by atoms with Crippen molar-refractivity contribution in [2.45, 2.75) is 84.5 Å². The minimum atomic E-state index is 1.01. The lowest BCUT2D eigenvalue weighted by Crippen LogP contribution is -1.72. The van der Waals surface area contributed by atoms with Crippen LogP contribution >= 0.6 is 0 Å². The van der Waals surface area contributed by atoms with Crippen LogP contribution in [0.5, 0.6) is 0 Å². The van der Waals surface area contributed by atoms with Crippen molar-refractivity contribution >= 4 is 0 Å². The van der Waals surface area contributed by atoms with Gasteiger partial charge < -0.3 is 0 Å². The Morgan fingerprint density at radius 1 is 0.600 bits per heavy atom.